The van der Waals surface area contributed by atoms with E-state index in [1.165, 1.54) is 6.20 Å². The summed E-state index contributed by atoms with van der Waals surface area (Å²) < 4.78 is 5.54. The Bertz CT molecular complexity index is 628. The maximum atomic E-state index is 9.79. The third kappa shape index (κ3) is 4.58. The van der Waals surface area contributed by atoms with Crippen molar-refractivity contribution in [3.63, 3.8) is 0 Å². The lowest BCUT2D eigenvalue weighted by atomic mass is 10.2. The SMILES string of the molecule is CC(C)NCC(O)COc1ccc(-c2ncc(C#N)[nH]2)cc1. The largest absolute Gasteiger partial charge is 0.491 e. The molecule has 0 aliphatic heterocycles. The second kappa shape index (κ2) is 7.59. The van der Waals surface area contributed by atoms with E-state index in [1.54, 1.807) is 0 Å². The highest BCUT2D eigenvalue weighted by molar-refractivity contribution is 5.57. The van der Waals surface area contributed by atoms with E-state index in [4.69, 9.17) is 10.00 Å². The quantitative estimate of drug-likeness (QED) is 0.723. The first-order chi connectivity index (χ1) is 10.6. The predicted molar refractivity (Wildman–Crippen MR) is 83.4 cm³/mol. The number of aromatic amines is 1. The summed E-state index contributed by atoms with van der Waals surface area (Å²) in [6.07, 6.45) is 0.947. The van der Waals surface area contributed by atoms with Crippen molar-refractivity contribution in [2.75, 3.05) is 13.2 Å². The van der Waals surface area contributed by atoms with Crippen molar-refractivity contribution in [1.29, 1.82) is 5.26 Å². The Balaban J connectivity index is 1.88. The van der Waals surface area contributed by atoms with Crippen molar-refractivity contribution in [3.8, 4) is 23.2 Å². The van der Waals surface area contributed by atoms with Crippen LogP contribution in [0.1, 0.15) is 19.5 Å². The standard InChI is InChI=1S/C16H20N4O2/c1-11(2)18-9-14(21)10-22-15-5-3-12(4-6-15)16-19-8-13(7-17)20-16/h3-6,8,11,14,18,21H,9-10H2,1-2H3,(H,19,20). The first-order valence-corrected chi connectivity index (χ1v) is 7.18. The van der Waals surface area contributed by atoms with Gasteiger partial charge in [0.15, 0.2) is 0 Å². The molecule has 0 radical (unpaired) electrons. The number of ether oxygens (including phenoxy) is 1. The van der Waals surface area contributed by atoms with Gasteiger partial charge in [0, 0.05) is 18.2 Å². The van der Waals surface area contributed by atoms with E-state index < -0.39 is 6.10 Å². The Morgan fingerprint density at radius 1 is 1.36 bits per heavy atom. The number of hydrogen-bond acceptors (Lipinski definition) is 5. The fourth-order valence-electron chi connectivity index (χ4n) is 1.86. The first kappa shape index (κ1) is 16.0. The molecule has 0 spiro atoms. The highest BCUT2D eigenvalue weighted by Gasteiger charge is 2.07. The molecule has 1 heterocycles. The summed E-state index contributed by atoms with van der Waals surface area (Å²) in [6, 6.07) is 9.67. The molecule has 0 aliphatic rings. The molecular formula is C16H20N4O2. The van der Waals surface area contributed by atoms with E-state index in [2.05, 4.69) is 15.3 Å². The second-order valence-corrected chi connectivity index (χ2v) is 5.31. The van der Waals surface area contributed by atoms with Crippen LogP contribution in [0.5, 0.6) is 5.75 Å². The fraction of sp³-hybridized carbons (Fsp3) is 0.375. The van der Waals surface area contributed by atoms with E-state index in [0.717, 1.165) is 5.56 Å². The van der Waals surface area contributed by atoms with E-state index in [1.807, 2.05) is 44.2 Å². The number of nitrogens with one attached hydrogen (secondary N) is 2. The van der Waals surface area contributed by atoms with Gasteiger partial charge in [0.05, 0.1) is 6.20 Å². The van der Waals surface area contributed by atoms with Crippen LogP contribution in [0, 0.1) is 11.3 Å². The van der Waals surface area contributed by atoms with Crippen LogP contribution in [0.3, 0.4) is 0 Å². The van der Waals surface area contributed by atoms with Gasteiger partial charge in [-0.25, -0.2) is 4.98 Å². The van der Waals surface area contributed by atoms with Crippen molar-refractivity contribution in [2.24, 2.45) is 0 Å². The third-order valence-corrected chi connectivity index (χ3v) is 3.03. The molecule has 22 heavy (non-hydrogen) atoms. The van der Waals surface area contributed by atoms with Crippen molar-refractivity contribution in [2.45, 2.75) is 26.0 Å². The zero-order valence-electron chi connectivity index (χ0n) is 12.7. The van der Waals surface area contributed by atoms with Gasteiger partial charge in [-0.2, -0.15) is 5.26 Å². The molecule has 2 rings (SSSR count). The lowest BCUT2D eigenvalue weighted by molar-refractivity contribution is 0.104. The van der Waals surface area contributed by atoms with E-state index in [0.29, 0.717) is 29.9 Å². The molecule has 1 unspecified atom stereocenters. The normalized spacial score (nSPS) is 12.1. The number of imidazole rings is 1. The Labute approximate surface area is 129 Å². The number of aliphatic hydroxyl groups excluding tert-OH is 1. The Morgan fingerprint density at radius 2 is 2.09 bits per heavy atom. The van der Waals surface area contributed by atoms with Gasteiger partial charge < -0.3 is 20.1 Å². The first-order valence-electron chi connectivity index (χ1n) is 7.18. The molecule has 6 heteroatoms. The zero-order valence-corrected chi connectivity index (χ0v) is 12.7. The molecule has 0 bridgehead atoms. The smallest absolute Gasteiger partial charge is 0.138 e. The number of aromatic nitrogens is 2. The molecule has 3 N–H and O–H groups in total. The van der Waals surface area contributed by atoms with Gasteiger partial charge in [0.1, 0.15) is 36.0 Å². The zero-order chi connectivity index (χ0) is 15.9. The molecule has 0 saturated carbocycles. The van der Waals surface area contributed by atoms with Crippen LogP contribution in [-0.2, 0) is 0 Å². The van der Waals surface area contributed by atoms with Gasteiger partial charge in [-0.15, -0.1) is 0 Å². The van der Waals surface area contributed by atoms with Crippen molar-refractivity contribution in [1.82, 2.24) is 15.3 Å². The number of aliphatic hydroxyl groups is 1. The second-order valence-electron chi connectivity index (χ2n) is 5.31. The monoisotopic (exact) mass is 300 g/mol. The summed E-state index contributed by atoms with van der Waals surface area (Å²) in [6.45, 7) is 4.79. The average molecular weight is 300 g/mol. The van der Waals surface area contributed by atoms with E-state index in [-0.39, 0.29) is 6.61 Å². The molecule has 1 aromatic carbocycles. The lowest BCUT2D eigenvalue weighted by Crippen LogP contribution is -2.35. The third-order valence-electron chi connectivity index (χ3n) is 3.03. The molecular weight excluding hydrogens is 280 g/mol. The van der Waals surface area contributed by atoms with Crippen LogP contribution >= 0.6 is 0 Å². The molecule has 116 valence electrons. The Hall–Kier alpha value is -2.36. The van der Waals surface area contributed by atoms with Gasteiger partial charge in [-0.05, 0) is 24.3 Å². The molecule has 1 atom stereocenters. The van der Waals surface area contributed by atoms with Gasteiger partial charge in [0.25, 0.3) is 0 Å². The molecule has 2 aromatic rings. The number of benzene rings is 1. The minimum Gasteiger partial charge on any atom is -0.491 e. The van der Waals surface area contributed by atoms with Crippen LogP contribution in [0.15, 0.2) is 30.5 Å². The summed E-state index contributed by atoms with van der Waals surface area (Å²) in [5.74, 6) is 1.32. The fourth-order valence-corrected chi connectivity index (χ4v) is 1.86. The lowest BCUT2D eigenvalue weighted by Gasteiger charge is -2.15. The van der Waals surface area contributed by atoms with Crippen LogP contribution in [0.2, 0.25) is 0 Å². The summed E-state index contributed by atoms with van der Waals surface area (Å²) >= 11 is 0. The molecule has 0 saturated heterocycles. The Morgan fingerprint density at radius 3 is 2.68 bits per heavy atom. The van der Waals surface area contributed by atoms with Crippen molar-refractivity contribution in [3.05, 3.63) is 36.2 Å². The molecule has 0 aliphatic carbocycles. The summed E-state index contributed by atoms with van der Waals surface area (Å²) in [5, 5.41) is 21.7. The number of rotatable bonds is 7. The minimum absolute atomic E-state index is 0.235. The number of nitrogens with zero attached hydrogens (tertiary/aromatic N) is 2. The number of H-pyrrole nitrogens is 1. The van der Waals surface area contributed by atoms with Crippen LogP contribution in [0.4, 0.5) is 0 Å². The molecule has 0 amide bonds. The highest BCUT2D eigenvalue weighted by atomic mass is 16.5. The highest BCUT2D eigenvalue weighted by Crippen LogP contribution is 2.19. The Kier molecular flexibility index (Phi) is 5.53. The van der Waals surface area contributed by atoms with Gasteiger partial charge in [-0.1, -0.05) is 13.8 Å². The average Bonchev–Trinajstić information content (AvgIpc) is 3.00. The van der Waals surface area contributed by atoms with E-state index >= 15 is 0 Å². The van der Waals surface area contributed by atoms with Gasteiger partial charge in [0.2, 0.25) is 0 Å². The van der Waals surface area contributed by atoms with Crippen LogP contribution in [0.25, 0.3) is 11.4 Å². The summed E-state index contributed by atoms with van der Waals surface area (Å²) in [5.41, 5.74) is 1.30. The van der Waals surface area contributed by atoms with Gasteiger partial charge >= 0.3 is 0 Å². The van der Waals surface area contributed by atoms with Gasteiger partial charge in [-0.3, -0.25) is 0 Å². The summed E-state index contributed by atoms with van der Waals surface area (Å²) in [7, 11) is 0. The maximum absolute atomic E-state index is 9.79. The summed E-state index contributed by atoms with van der Waals surface area (Å²) in [4.78, 5) is 7.05. The molecule has 1 aromatic heterocycles. The number of nitriles is 1. The predicted octanol–water partition coefficient (Wildman–Crippen LogP) is 1.69. The molecule has 6 nitrogen and oxygen atoms in total. The topological polar surface area (TPSA) is 94.0 Å². The van der Waals surface area contributed by atoms with Crippen molar-refractivity contribution >= 4 is 0 Å². The van der Waals surface area contributed by atoms with Crippen LogP contribution in [-0.4, -0.2) is 40.4 Å². The van der Waals surface area contributed by atoms with Crippen LogP contribution < -0.4 is 10.1 Å². The van der Waals surface area contributed by atoms with E-state index in [9.17, 15) is 5.11 Å². The van der Waals surface area contributed by atoms with Crippen molar-refractivity contribution < 1.29 is 9.84 Å². The maximum Gasteiger partial charge on any atom is 0.138 e. The molecule has 0 fully saturated rings. The minimum atomic E-state index is -0.551. The number of hydrogen-bond donors (Lipinski definition) is 3.